The Morgan fingerprint density at radius 1 is 1.16 bits per heavy atom. The summed E-state index contributed by atoms with van der Waals surface area (Å²) in [4.78, 5) is 0. The first-order valence-corrected chi connectivity index (χ1v) is 9.66. The maximum Gasteiger partial charge on any atom is 0.508 e. The third-order valence-corrected chi connectivity index (χ3v) is 5.55. The molecule has 0 radical (unpaired) electrons. The van der Waals surface area contributed by atoms with E-state index in [1.807, 2.05) is 0 Å². The molecule has 0 heterocycles. The molecule has 3 heteroatoms. The van der Waals surface area contributed by atoms with Crippen molar-refractivity contribution in [2.45, 2.75) is 78.1 Å². The molecule has 0 amide bonds. The van der Waals surface area contributed by atoms with Crippen molar-refractivity contribution in [3.8, 4) is 0 Å². The molecule has 0 aromatic carbocycles. The highest BCUT2D eigenvalue weighted by Gasteiger charge is 2.25. The van der Waals surface area contributed by atoms with Gasteiger partial charge < -0.3 is 0 Å². The van der Waals surface area contributed by atoms with E-state index in [-0.39, 0.29) is 0 Å². The highest BCUT2D eigenvalue weighted by molar-refractivity contribution is 7.39. The minimum Gasteiger partial charge on any atom is -0.146 e. The van der Waals surface area contributed by atoms with Gasteiger partial charge in [-0.3, -0.25) is 0 Å². The van der Waals surface area contributed by atoms with Crippen LogP contribution >= 0.6 is 8.03 Å². The summed E-state index contributed by atoms with van der Waals surface area (Å²) in [6, 6.07) is 0. The van der Waals surface area contributed by atoms with Crippen molar-refractivity contribution >= 4 is 8.03 Å². The highest BCUT2D eigenvalue weighted by Crippen LogP contribution is 2.33. The van der Waals surface area contributed by atoms with Crippen LogP contribution in [0, 0.1) is 11.8 Å². The lowest BCUT2D eigenvalue weighted by atomic mass is 9.84. The summed E-state index contributed by atoms with van der Waals surface area (Å²) < 4.78 is 17.3. The zero-order valence-electron chi connectivity index (χ0n) is 12.9. The van der Waals surface area contributed by atoms with Crippen LogP contribution in [0.5, 0.6) is 0 Å². The van der Waals surface area contributed by atoms with Gasteiger partial charge in [-0.15, -0.1) is 4.52 Å². The second-order valence-electron chi connectivity index (χ2n) is 6.25. The van der Waals surface area contributed by atoms with E-state index in [4.69, 9.17) is 4.52 Å². The number of rotatable bonds is 10. The molecule has 0 bridgehead atoms. The molecule has 0 aliphatic heterocycles. The zero-order valence-corrected chi connectivity index (χ0v) is 13.8. The molecule has 2 atom stereocenters. The molecule has 1 aliphatic rings. The summed E-state index contributed by atoms with van der Waals surface area (Å²) in [5.41, 5.74) is 0. The zero-order chi connectivity index (χ0) is 13.9. The SMILES string of the molecule is CCCCCCO[P+](=O)CC(C)CC1CCCCC1. The lowest BCUT2D eigenvalue weighted by Crippen LogP contribution is -2.12. The average molecular weight is 287 g/mol. The van der Waals surface area contributed by atoms with Crippen molar-refractivity contribution in [2.24, 2.45) is 11.8 Å². The maximum absolute atomic E-state index is 11.9. The second kappa shape index (κ2) is 10.8. The molecule has 2 unspecified atom stereocenters. The van der Waals surface area contributed by atoms with Crippen LogP contribution in [0.4, 0.5) is 0 Å². The third-order valence-electron chi connectivity index (χ3n) is 4.15. The molecule has 0 aromatic heterocycles. The predicted octanol–water partition coefficient (Wildman–Crippen LogP) is 5.93. The molecule has 1 rings (SSSR count). The van der Waals surface area contributed by atoms with Crippen molar-refractivity contribution in [1.29, 1.82) is 0 Å². The normalized spacial score (nSPS) is 19.4. The van der Waals surface area contributed by atoms with Crippen LogP contribution in [0.1, 0.15) is 78.1 Å². The first-order valence-electron chi connectivity index (χ1n) is 8.30. The van der Waals surface area contributed by atoms with E-state index >= 15 is 0 Å². The van der Waals surface area contributed by atoms with Gasteiger partial charge in [-0.1, -0.05) is 65.2 Å². The van der Waals surface area contributed by atoms with Gasteiger partial charge in [0.1, 0.15) is 6.61 Å². The van der Waals surface area contributed by atoms with Crippen LogP contribution in [0.15, 0.2) is 0 Å². The fourth-order valence-corrected chi connectivity index (χ4v) is 4.16. The van der Waals surface area contributed by atoms with E-state index in [0.717, 1.165) is 18.5 Å². The molecule has 0 N–H and O–H groups in total. The fraction of sp³-hybridized carbons (Fsp3) is 1.00. The van der Waals surface area contributed by atoms with Crippen molar-refractivity contribution in [3.05, 3.63) is 0 Å². The minimum absolute atomic E-state index is 0.558. The van der Waals surface area contributed by atoms with Crippen LogP contribution in [0.25, 0.3) is 0 Å². The van der Waals surface area contributed by atoms with E-state index in [1.165, 1.54) is 57.8 Å². The Labute approximate surface area is 120 Å². The van der Waals surface area contributed by atoms with E-state index in [2.05, 4.69) is 13.8 Å². The van der Waals surface area contributed by atoms with Gasteiger partial charge in [0.25, 0.3) is 0 Å². The molecule has 19 heavy (non-hydrogen) atoms. The smallest absolute Gasteiger partial charge is 0.146 e. The van der Waals surface area contributed by atoms with Gasteiger partial charge in [-0.25, -0.2) is 0 Å². The second-order valence-corrected chi connectivity index (χ2v) is 7.54. The monoisotopic (exact) mass is 287 g/mol. The van der Waals surface area contributed by atoms with Crippen molar-refractivity contribution < 1.29 is 9.09 Å². The van der Waals surface area contributed by atoms with E-state index in [9.17, 15) is 4.57 Å². The largest absolute Gasteiger partial charge is 0.508 e. The molecule has 1 fully saturated rings. The van der Waals surface area contributed by atoms with E-state index in [0.29, 0.717) is 12.5 Å². The molecular weight excluding hydrogens is 255 g/mol. The van der Waals surface area contributed by atoms with Gasteiger partial charge in [0.05, 0.1) is 0 Å². The molecule has 112 valence electrons. The quantitative estimate of drug-likeness (QED) is 0.367. The first-order chi connectivity index (χ1) is 9.22. The van der Waals surface area contributed by atoms with Gasteiger partial charge in [0.2, 0.25) is 0 Å². The van der Waals surface area contributed by atoms with Crippen molar-refractivity contribution in [1.82, 2.24) is 0 Å². The van der Waals surface area contributed by atoms with Crippen LogP contribution in [0.2, 0.25) is 0 Å². The summed E-state index contributed by atoms with van der Waals surface area (Å²) in [6.07, 6.45) is 13.8. The van der Waals surface area contributed by atoms with Crippen LogP contribution < -0.4 is 0 Å². The van der Waals surface area contributed by atoms with Gasteiger partial charge in [0, 0.05) is 5.92 Å². The Kier molecular flexibility index (Phi) is 9.73. The standard InChI is InChI=1S/C16H32O2P/c1-3-4-5-9-12-18-19(17)14-15(2)13-16-10-7-6-8-11-16/h15-16H,3-14H2,1-2H3/q+1. The van der Waals surface area contributed by atoms with Gasteiger partial charge >= 0.3 is 8.03 Å². The lowest BCUT2D eigenvalue weighted by molar-refractivity contribution is 0.292. The Morgan fingerprint density at radius 3 is 2.58 bits per heavy atom. The molecule has 2 nitrogen and oxygen atoms in total. The first kappa shape index (κ1) is 17.1. The van der Waals surface area contributed by atoms with Crippen molar-refractivity contribution in [2.75, 3.05) is 12.8 Å². The van der Waals surface area contributed by atoms with Gasteiger partial charge in [-0.2, -0.15) is 0 Å². The molecule has 0 saturated heterocycles. The minimum atomic E-state index is -1.42. The maximum atomic E-state index is 11.9. The topological polar surface area (TPSA) is 26.3 Å². The molecular formula is C16H32O2P+. The van der Waals surface area contributed by atoms with Crippen LogP contribution in [-0.2, 0) is 9.09 Å². The van der Waals surface area contributed by atoms with Crippen molar-refractivity contribution in [3.63, 3.8) is 0 Å². The Bertz CT molecular complexity index is 237. The Balaban J connectivity index is 2.03. The number of hydrogen-bond acceptors (Lipinski definition) is 2. The summed E-state index contributed by atoms with van der Waals surface area (Å²) in [5, 5.41) is 0. The van der Waals surface area contributed by atoms with E-state index < -0.39 is 8.03 Å². The predicted molar refractivity (Wildman–Crippen MR) is 82.9 cm³/mol. The van der Waals surface area contributed by atoms with Gasteiger partial charge in [-0.05, 0) is 23.3 Å². The molecule has 0 aromatic rings. The van der Waals surface area contributed by atoms with Gasteiger partial charge in [0.15, 0.2) is 6.16 Å². The Morgan fingerprint density at radius 2 is 1.89 bits per heavy atom. The number of hydrogen-bond donors (Lipinski definition) is 0. The average Bonchev–Trinajstić information content (AvgIpc) is 2.39. The lowest BCUT2D eigenvalue weighted by Gasteiger charge is -2.22. The summed E-state index contributed by atoms with van der Waals surface area (Å²) >= 11 is 0. The van der Waals surface area contributed by atoms with Crippen LogP contribution in [0.3, 0.4) is 0 Å². The van der Waals surface area contributed by atoms with E-state index in [1.54, 1.807) is 0 Å². The summed E-state index contributed by atoms with van der Waals surface area (Å²) in [6.45, 7) is 5.13. The molecule has 1 saturated carbocycles. The molecule has 1 aliphatic carbocycles. The summed E-state index contributed by atoms with van der Waals surface area (Å²) in [5.74, 6) is 1.44. The molecule has 0 spiro atoms. The Hall–Kier alpha value is 0.0600. The number of unbranched alkanes of at least 4 members (excludes halogenated alkanes) is 3. The third kappa shape index (κ3) is 8.76. The highest BCUT2D eigenvalue weighted by atomic mass is 31.1. The van der Waals surface area contributed by atoms with Crippen LogP contribution in [-0.4, -0.2) is 12.8 Å². The fourth-order valence-electron chi connectivity index (χ4n) is 3.07. The summed E-state index contributed by atoms with van der Waals surface area (Å²) in [7, 11) is -1.42.